The lowest BCUT2D eigenvalue weighted by molar-refractivity contribution is 0.0939. The molecule has 1 aliphatic rings. The molecule has 1 atom stereocenters. The molecule has 2 aromatic carbocycles. The summed E-state index contributed by atoms with van der Waals surface area (Å²) < 4.78 is 38.7. The smallest absolute Gasteiger partial charge is 0.251 e. The molecule has 0 spiro atoms. The molecule has 0 aliphatic carbocycles. The van der Waals surface area contributed by atoms with Gasteiger partial charge in [0.25, 0.3) is 5.91 Å². The molecule has 0 fully saturated rings. The standard InChI is InChI=1S/C18H19FN2O3S/c1-12(15-5-3-4-6-16(15)19)20-18(22)14-7-8-17-13(11-14)9-10-21(17)25(2,23)24/h3-8,11-12H,9-10H2,1-2H3,(H,20,22). The number of hydrogen-bond acceptors (Lipinski definition) is 3. The fourth-order valence-electron chi connectivity index (χ4n) is 3.04. The van der Waals surface area contributed by atoms with E-state index in [0.29, 0.717) is 29.8 Å². The monoisotopic (exact) mass is 362 g/mol. The first kappa shape index (κ1) is 17.4. The van der Waals surface area contributed by atoms with Crippen LogP contribution in [0.3, 0.4) is 0 Å². The summed E-state index contributed by atoms with van der Waals surface area (Å²) >= 11 is 0. The van der Waals surface area contributed by atoms with Crippen molar-refractivity contribution >= 4 is 21.6 Å². The van der Waals surface area contributed by atoms with Crippen LogP contribution < -0.4 is 9.62 Å². The van der Waals surface area contributed by atoms with Gasteiger partial charge in [0, 0.05) is 17.7 Å². The Labute approximate surface area is 146 Å². The molecule has 132 valence electrons. The lowest BCUT2D eigenvalue weighted by Crippen LogP contribution is -2.28. The second-order valence-corrected chi connectivity index (χ2v) is 8.05. The summed E-state index contributed by atoms with van der Waals surface area (Å²) in [5, 5.41) is 2.78. The zero-order chi connectivity index (χ0) is 18.2. The minimum atomic E-state index is -3.32. The predicted octanol–water partition coefficient (Wildman–Crippen LogP) is 2.64. The molecule has 2 aromatic rings. The predicted molar refractivity (Wildman–Crippen MR) is 94.6 cm³/mol. The Morgan fingerprint density at radius 1 is 1.24 bits per heavy atom. The van der Waals surface area contributed by atoms with Crippen LogP contribution in [0.2, 0.25) is 0 Å². The van der Waals surface area contributed by atoms with Crippen molar-refractivity contribution in [3.63, 3.8) is 0 Å². The van der Waals surface area contributed by atoms with E-state index in [2.05, 4.69) is 5.32 Å². The summed E-state index contributed by atoms with van der Waals surface area (Å²) in [7, 11) is -3.32. The largest absolute Gasteiger partial charge is 0.345 e. The van der Waals surface area contributed by atoms with Crippen LogP contribution in [-0.4, -0.2) is 27.1 Å². The number of nitrogens with one attached hydrogen (secondary N) is 1. The first-order valence-electron chi connectivity index (χ1n) is 7.93. The van der Waals surface area contributed by atoms with Crippen LogP contribution in [0, 0.1) is 5.82 Å². The maximum atomic E-state index is 13.8. The third kappa shape index (κ3) is 3.51. The van der Waals surface area contributed by atoms with Crippen molar-refractivity contribution in [2.75, 3.05) is 17.1 Å². The van der Waals surface area contributed by atoms with Crippen molar-refractivity contribution in [1.29, 1.82) is 0 Å². The highest BCUT2D eigenvalue weighted by Crippen LogP contribution is 2.30. The van der Waals surface area contributed by atoms with Crippen LogP contribution in [0.1, 0.15) is 34.5 Å². The van der Waals surface area contributed by atoms with Gasteiger partial charge < -0.3 is 5.32 Å². The quantitative estimate of drug-likeness (QED) is 0.909. The van der Waals surface area contributed by atoms with Crippen LogP contribution in [0.4, 0.5) is 10.1 Å². The van der Waals surface area contributed by atoms with Crippen LogP contribution in [-0.2, 0) is 16.4 Å². The number of hydrogen-bond donors (Lipinski definition) is 1. The van der Waals surface area contributed by atoms with Crippen molar-refractivity contribution < 1.29 is 17.6 Å². The van der Waals surface area contributed by atoms with E-state index < -0.39 is 16.1 Å². The molecule has 1 unspecified atom stereocenters. The molecule has 0 radical (unpaired) electrons. The Morgan fingerprint density at radius 2 is 1.96 bits per heavy atom. The number of fused-ring (bicyclic) bond motifs is 1. The van der Waals surface area contributed by atoms with Gasteiger partial charge in [-0.25, -0.2) is 12.8 Å². The van der Waals surface area contributed by atoms with E-state index in [1.54, 1.807) is 43.3 Å². The van der Waals surface area contributed by atoms with Gasteiger partial charge in [0.1, 0.15) is 5.82 Å². The number of halogens is 1. The maximum absolute atomic E-state index is 13.8. The molecule has 1 aliphatic heterocycles. The molecule has 0 saturated carbocycles. The number of anilines is 1. The zero-order valence-corrected chi connectivity index (χ0v) is 14.8. The highest BCUT2D eigenvalue weighted by Gasteiger charge is 2.27. The second-order valence-electron chi connectivity index (χ2n) is 6.15. The number of amides is 1. The summed E-state index contributed by atoms with van der Waals surface area (Å²) in [4.78, 5) is 12.5. The molecule has 25 heavy (non-hydrogen) atoms. The van der Waals surface area contributed by atoms with Gasteiger partial charge in [-0.15, -0.1) is 0 Å². The van der Waals surface area contributed by atoms with E-state index in [1.807, 2.05) is 0 Å². The Kier molecular flexibility index (Phi) is 4.51. The summed E-state index contributed by atoms with van der Waals surface area (Å²) in [5.41, 5.74) is 2.27. The summed E-state index contributed by atoms with van der Waals surface area (Å²) in [5.74, 6) is -0.690. The average molecular weight is 362 g/mol. The minimum Gasteiger partial charge on any atom is -0.345 e. The van der Waals surface area contributed by atoms with E-state index in [4.69, 9.17) is 0 Å². The molecule has 0 bridgehead atoms. The molecule has 1 amide bonds. The molecule has 1 heterocycles. The molecular weight excluding hydrogens is 343 g/mol. The van der Waals surface area contributed by atoms with E-state index in [1.165, 1.54) is 16.6 Å². The van der Waals surface area contributed by atoms with Gasteiger partial charge in [0.05, 0.1) is 18.0 Å². The van der Waals surface area contributed by atoms with Crippen LogP contribution in [0.25, 0.3) is 0 Å². The number of rotatable bonds is 4. The Hall–Kier alpha value is -2.41. The maximum Gasteiger partial charge on any atom is 0.251 e. The summed E-state index contributed by atoms with van der Waals surface area (Å²) in [6.45, 7) is 2.10. The first-order chi connectivity index (χ1) is 11.8. The van der Waals surface area contributed by atoms with E-state index in [0.717, 1.165) is 5.56 Å². The van der Waals surface area contributed by atoms with Crippen LogP contribution in [0.15, 0.2) is 42.5 Å². The van der Waals surface area contributed by atoms with Gasteiger partial charge in [-0.2, -0.15) is 0 Å². The summed E-state index contributed by atoms with van der Waals surface area (Å²) in [6, 6.07) is 10.8. The summed E-state index contributed by atoms with van der Waals surface area (Å²) in [6.07, 6.45) is 1.73. The first-order valence-corrected chi connectivity index (χ1v) is 9.78. The fourth-order valence-corrected chi connectivity index (χ4v) is 4.00. The number of carbonyl (C=O) groups excluding carboxylic acids is 1. The molecule has 1 N–H and O–H groups in total. The van der Waals surface area contributed by atoms with Gasteiger partial charge in [-0.05, 0) is 43.2 Å². The van der Waals surface area contributed by atoms with E-state index >= 15 is 0 Å². The van der Waals surface area contributed by atoms with Crippen molar-refractivity contribution in [2.24, 2.45) is 0 Å². The van der Waals surface area contributed by atoms with Gasteiger partial charge in [-0.1, -0.05) is 18.2 Å². The van der Waals surface area contributed by atoms with Crippen molar-refractivity contribution in [3.05, 3.63) is 65.0 Å². The SMILES string of the molecule is CC(NC(=O)c1ccc2c(c1)CCN2S(C)(=O)=O)c1ccccc1F. The molecule has 0 aromatic heterocycles. The molecular formula is C18H19FN2O3S. The van der Waals surface area contributed by atoms with Gasteiger partial charge in [0.2, 0.25) is 10.0 Å². The number of nitrogens with zero attached hydrogens (tertiary/aromatic N) is 1. The number of benzene rings is 2. The number of sulfonamides is 1. The van der Waals surface area contributed by atoms with Crippen molar-refractivity contribution in [1.82, 2.24) is 5.32 Å². The lowest BCUT2D eigenvalue weighted by atomic mass is 10.1. The van der Waals surface area contributed by atoms with Crippen LogP contribution >= 0.6 is 0 Å². The Bertz CT molecular complexity index is 928. The van der Waals surface area contributed by atoms with E-state index in [-0.39, 0.29) is 11.7 Å². The normalized spacial score (nSPS) is 14.9. The molecule has 3 rings (SSSR count). The molecule has 5 nitrogen and oxygen atoms in total. The van der Waals surface area contributed by atoms with Crippen LogP contribution in [0.5, 0.6) is 0 Å². The minimum absolute atomic E-state index is 0.323. The zero-order valence-electron chi connectivity index (χ0n) is 14.0. The average Bonchev–Trinajstić information content (AvgIpc) is 2.98. The van der Waals surface area contributed by atoms with Crippen molar-refractivity contribution in [3.8, 4) is 0 Å². The highest BCUT2D eigenvalue weighted by molar-refractivity contribution is 7.92. The van der Waals surface area contributed by atoms with Crippen molar-refractivity contribution in [2.45, 2.75) is 19.4 Å². The third-order valence-corrected chi connectivity index (χ3v) is 5.49. The Morgan fingerprint density at radius 3 is 2.64 bits per heavy atom. The van der Waals surface area contributed by atoms with Gasteiger partial charge in [-0.3, -0.25) is 9.10 Å². The molecule has 7 heteroatoms. The van der Waals surface area contributed by atoms with Gasteiger partial charge in [0.15, 0.2) is 0 Å². The fraction of sp³-hybridized carbons (Fsp3) is 0.278. The van der Waals surface area contributed by atoms with Gasteiger partial charge >= 0.3 is 0 Å². The molecule has 0 saturated heterocycles. The third-order valence-electron chi connectivity index (χ3n) is 4.31. The highest BCUT2D eigenvalue weighted by atomic mass is 32.2. The number of carbonyl (C=O) groups is 1. The second kappa shape index (κ2) is 6.48. The lowest BCUT2D eigenvalue weighted by Gasteiger charge is -2.17. The Balaban J connectivity index is 1.79. The topological polar surface area (TPSA) is 66.5 Å². The van der Waals surface area contributed by atoms with E-state index in [9.17, 15) is 17.6 Å².